The zero-order valence-electron chi connectivity index (χ0n) is 22.2. The minimum absolute atomic E-state index is 0.0434. The van der Waals surface area contributed by atoms with Crippen molar-refractivity contribution in [3.8, 4) is 16.5 Å². The van der Waals surface area contributed by atoms with Crippen molar-refractivity contribution < 1.29 is 19.5 Å². The van der Waals surface area contributed by atoms with E-state index in [0.717, 1.165) is 16.1 Å². The fourth-order valence-electron chi connectivity index (χ4n) is 4.66. The van der Waals surface area contributed by atoms with Crippen molar-refractivity contribution in [2.24, 2.45) is 10.8 Å². The van der Waals surface area contributed by atoms with Crippen LogP contribution in [0, 0.1) is 29.1 Å². The first-order valence-corrected chi connectivity index (χ1v) is 14.3. The molecule has 3 N–H and O–H groups in total. The molecule has 39 heavy (non-hydrogen) atoms. The van der Waals surface area contributed by atoms with Gasteiger partial charge >= 0.3 is 0 Å². The third kappa shape index (κ3) is 6.07. The smallest absolute Gasteiger partial charge is 0.246 e. The number of benzene rings is 1. The largest absolute Gasteiger partial charge is 0.391 e. The van der Waals surface area contributed by atoms with Crippen LogP contribution in [-0.4, -0.2) is 57.4 Å². The Bertz CT molecular complexity index is 1340. The van der Waals surface area contributed by atoms with Crippen LogP contribution < -0.4 is 10.6 Å². The SMILES string of the molecule is Cc1ncsc1-c1cc(Cl)c(CNC(=O)[C@@H]2C[C@@H](O)CN2C(=O)[C@@H](NC(=O)C2(C#N)CC2)C(C)(C)C)cc1Cl. The molecule has 208 valence electrons. The number of hydrogen-bond acceptors (Lipinski definition) is 7. The molecule has 9 nitrogen and oxygen atoms in total. The summed E-state index contributed by atoms with van der Waals surface area (Å²) >= 11 is 14.5. The summed E-state index contributed by atoms with van der Waals surface area (Å²) in [5, 5.41) is 26.2. The van der Waals surface area contributed by atoms with E-state index in [2.05, 4.69) is 15.6 Å². The number of aromatic nitrogens is 1. The average molecular weight is 593 g/mol. The van der Waals surface area contributed by atoms with Crippen LogP contribution in [0.3, 0.4) is 0 Å². The van der Waals surface area contributed by atoms with Gasteiger partial charge in [0, 0.05) is 35.1 Å². The summed E-state index contributed by atoms with van der Waals surface area (Å²) in [6, 6.07) is 3.56. The van der Waals surface area contributed by atoms with E-state index in [4.69, 9.17) is 23.2 Å². The van der Waals surface area contributed by atoms with Crippen molar-refractivity contribution in [3.63, 3.8) is 0 Å². The van der Waals surface area contributed by atoms with E-state index < -0.39 is 46.7 Å². The van der Waals surface area contributed by atoms with Crippen LogP contribution in [0.25, 0.3) is 10.4 Å². The quantitative estimate of drug-likeness (QED) is 0.447. The molecular formula is C27H31Cl2N5O4S. The second-order valence-electron chi connectivity index (χ2n) is 11.3. The van der Waals surface area contributed by atoms with Crippen LogP contribution in [0.2, 0.25) is 10.0 Å². The maximum absolute atomic E-state index is 13.7. The van der Waals surface area contributed by atoms with Crippen molar-refractivity contribution in [1.29, 1.82) is 5.26 Å². The topological polar surface area (TPSA) is 135 Å². The number of aliphatic hydroxyl groups excluding tert-OH is 1. The van der Waals surface area contributed by atoms with Crippen LogP contribution >= 0.6 is 34.5 Å². The van der Waals surface area contributed by atoms with E-state index in [9.17, 15) is 24.8 Å². The summed E-state index contributed by atoms with van der Waals surface area (Å²) in [5.41, 5.74) is 2.13. The molecule has 0 spiro atoms. The highest BCUT2D eigenvalue weighted by Gasteiger charge is 2.53. The highest BCUT2D eigenvalue weighted by atomic mass is 35.5. The Labute approximate surface area is 241 Å². The van der Waals surface area contributed by atoms with Crippen LogP contribution in [0.4, 0.5) is 0 Å². The molecule has 12 heteroatoms. The number of carbonyl (C=O) groups is 3. The number of nitrogens with zero attached hydrogens (tertiary/aromatic N) is 3. The monoisotopic (exact) mass is 591 g/mol. The Hall–Kier alpha value is -2.71. The Morgan fingerprint density at radius 3 is 2.54 bits per heavy atom. The van der Waals surface area contributed by atoms with E-state index in [1.54, 1.807) is 38.4 Å². The number of thiazole rings is 1. The third-order valence-electron chi connectivity index (χ3n) is 7.23. The summed E-state index contributed by atoms with van der Waals surface area (Å²) in [5.74, 6) is -1.42. The van der Waals surface area contributed by atoms with Crippen molar-refractivity contribution in [3.05, 3.63) is 38.9 Å². The fraction of sp³-hybridized carbons (Fsp3) is 0.519. The van der Waals surface area contributed by atoms with Gasteiger partial charge in [0.2, 0.25) is 17.7 Å². The lowest BCUT2D eigenvalue weighted by molar-refractivity contribution is -0.144. The first-order chi connectivity index (χ1) is 18.3. The molecule has 2 fully saturated rings. The number of aryl methyl sites for hydroxylation is 1. The van der Waals surface area contributed by atoms with Gasteiger partial charge in [0.25, 0.3) is 0 Å². The number of carbonyl (C=O) groups excluding carboxylic acids is 3. The number of rotatable bonds is 7. The maximum atomic E-state index is 13.7. The zero-order chi connectivity index (χ0) is 28.7. The summed E-state index contributed by atoms with van der Waals surface area (Å²) in [4.78, 5) is 46.2. The van der Waals surface area contributed by atoms with Crippen molar-refractivity contribution in [2.45, 2.75) is 71.7 Å². The minimum atomic E-state index is -1.10. The van der Waals surface area contributed by atoms with Gasteiger partial charge in [0.15, 0.2) is 0 Å². The standard InChI is InChI=1S/C27H31Cl2N5O4S/c1-14-21(39-13-32-14)17-9-18(28)15(7-19(17)29)10-31-23(36)20-8-16(35)11-34(20)24(37)22(26(2,3)4)33-25(38)27(12-30)5-6-27/h7,9,13,16,20,22,35H,5-6,8,10-11H2,1-4H3,(H,31,36)(H,33,38)/t16-,20+,22-/m1/s1. The number of amides is 3. The molecule has 0 radical (unpaired) electrons. The zero-order valence-corrected chi connectivity index (χ0v) is 24.5. The lowest BCUT2D eigenvalue weighted by Gasteiger charge is -2.35. The fourth-order valence-corrected chi connectivity index (χ4v) is 6.06. The van der Waals surface area contributed by atoms with E-state index in [-0.39, 0.29) is 19.5 Å². The van der Waals surface area contributed by atoms with Crippen LogP contribution in [0.15, 0.2) is 17.6 Å². The molecule has 2 aliphatic rings. The molecule has 1 saturated carbocycles. The third-order valence-corrected chi connectivity index (χ3v) is 8.86. The molecule has 0 bridgehead atoms. The second kappa shape index (κ2) is 11.0. The molecule has 3 atom stereocenters. The number of halogens is 2. The lowest BCUT2D eigenvalue weighted by Crippen LogP contribution is -2.58. The van der Waals surface area contributed by atoms with E-state index >= 15 is 0 Å². The van der Waals surface area contributed by atoms with Crippen molar-refractivity contribution in [2.75, 3.05) is 6.54 Å². The van der Waals surface area contributed by atoms with Gasteiger partial charge in [0.05, 0.1) is 28.3 Å². The van der Waals surface area contributed by atoms with Crippen molar-refractivity contribution >= 4 is 52.3 Å². The molecule has 1 aromatic carbocycles. The Morgan fingerprint density at radius 2 is 1.97 bits per heavy atom. The maximum Gasteiger partial charge on any atom is 0.246 e. The highest BCUT2D eigenvalue weighted by Crippen LogP contribution is 2.45. The van der Waals surface area contributed by atoms with E-state index in [1.165, 1.54) is 16.2 Å². The van der Waals surface area contributed by atoms with Gasteiger partial charge in [-0.3, -0.25) is 14.4 Å². The van der Waals surface area contributed by atoms with Gasteiger partial charge in [-0.1, -0.05) is 44.0 Å². The molecule has 0 unspecified atom stereocenters. The molecule has 2 aromatic rings. The predicted molar refractivity (Wildman–Crippen MR) is 149 cm³/mol. The van der Waals surface area contributed by atoms with Crippen LogP contribution in [-0.2, 0) is 20.9 Å². The molecular weight excluding hydrogens is 561 g/mol. The van der Waals surface area contributed by atoms with E-state index in [0.29, 0.717) is 28.5 Å². The number of nitriles is 1. The number of nitrogens with one attached hydrogen (secondary N) is 2. The second-order valence-corrected chi connectivity index (χ2v) is 12.9. The Kier molecular flexibility index (Phi) is 8.29. The van der Waals surface area contributed by atoms with Gasteiger partial charge in [0.1, 0.15) is 17.5 Å². The molecule has 1 aliphatic carbocycles. The molecule has 2 heterocycles. The number of aliphatic hydroxyl groups is 1. The number of hydrogen-bond donors (Lipinski definition) is 3. The van der Waals surface area contributed by atoms with Crippen LogP contribution in [0.1, 0.15) is 51.3 Å². The van der Waals surface area contributed by atoms with Gasteiger partial charge in [-0.2, -0.15) is 5.26 Å². The summed E-state index contributed by atoms with van der Waals surface area (Å²) in [7, 11) is 0. The number of likely N-dealkylation sites (tertiary alicyclic amines) is 1. The van der Waals surface area contributed by atoms with Crippen molar-refractivity contribution in [1.82, 2.24) is 20.5 Å². The first-order valence-electron chi connectivity index (χ1n) is 12.6. The Balaban J connectivity index is 1.48. The predicted octanol–water partition coefficient (Wildman–Crippen LogP) is 3.84. The summed E-state index contributed by atoms with van der Waals surface area (Å²) in [6.45, 7) is 7.30. The summed E-state index contributed by atoms with van der Waals surface area (Å²) in [6.07, 6.45) is 0.0637. The summed E-state index contributed by atoms with van der Waals surface area (Å²) < 4.78 is 0. The first kappa shape index (κ1) is 29.3. The molecule has 1 aliphatic heterocycles. The minimum Gasteiger partial charge on any atom is -0.391 e. The molecule has 1 saturated heterocycles. The van der Waals surface area contributed by atoms with E-state index in [1.807, 2.05) is 13.0 Å². The van der Waals surface area contributed by atoms with Gasteiger partial charge in [-0.05, 0) is 42.9 Å². The molecule has 1 aromatic heterocycles. The number of β-amino-alcohol motifs (C(OH)–C–C–N with tert-alkyl or cyclic N) is 1. The van der Waals surface area contributed by atoms with Gasteiger partial charge in [-0.15, -0.1) is 11.3 Å². The average Bonchev–Trinajstić information content (AvgIpc) is 3.41. The molecule has 4 rings (SSSR count). The normalized spacial score (nSPS) is 20.7. The lowest BCUT2D eigenvalue weighted by atomic mass is 9.85. The Morgan fingerprint density at radius 1 is 1.28 bits per heavy atom. The van der Waals surface area contributed by atoms with Crippen LogP contribution in [0.5, 0.6) is 0 Å². The van der Waals surface area contributed by atoms with Gasteiger partial charge in [-0.25, -0.2) is 4.98 Å². The van der Waals surface area contributed by atoms with Gasteiger partial charge < -0.3 is 20.6 Å². The highest BCUT2D eigenvalue weighted by molar-refractivity contribution is 7.13. The molecule has 3 amide bonds.